The molecule has 0 fully saturated rings. The molecule has 1 atom stereocenters. The Kier molecular flexibility index (Phi) is 4.64. The highest BCUT2D eigenvalue weighted by Crippen LogP contribution is 2.17. The number of amides is 1. The average Bonchev–Trinajstić information content (AvgIpc) is 1.98. The van der Waals surface area contributed by atoms with E-state index >= 15 is 0 Å². The monoisotopic (exact) mass is 169 g/mol. The zero-order chi connectivity index (χ0) is 9.72. The molecule has 2 nitrogen and oxygen atoms in total. The van der Waals surface area contributed by atoms with E-state index in [2.05, 4.69) is 20.8 Å². The van der Waals surface area contributed by atoms with Crippen LogP contribution in [0.3, 0.4) is 0 Å². The fourth-order valence-electron chi connectivity index (χ4n) is 1.18. The molecular formula is C10H19NO. The van der Waals surface area contributed by atoms with Crippen molar-refractivity contribution in [3.8, 4) is 0 Å². The number of rotatable bonds is 4. The van der Waals surface area contributed by atoms with E-state index in [-0.39, 0.29) is 5.91 Å². The van der Waals surface area contributed by atoms with Crippen LogP contribution in [0.1, 0.15) is 34.1 Å². The normalized spacial score (nSPS) is 14.9. The minimum absolute atomic E-state index is 0.311. The largest absolute Gasteiger partial charge is 0.366 e. The van der Waals surface area contributed by atoms with Gasteiger partial charge in [0.2, 0.25) is 5.91 Å². The van der Waals surface area contributed by atoms with Gasteiger partial charge in [-0.05, 0) is 25.2 Å². The summed E-state index contributed by atoms with van der Waals surface area (Å²) < 4.78 is 0. The van der Waals surface area contributed by atoms with Gasteiger partial charge in [0, 0.05) is 5.57 Å². The van der Waals surface area contributed by atoms with Crippen molar-refractivity contribution in [1.29, 1.82) is 0 Å². The molecule has 12 heavy (non-hydrogen) atoms. The van der Waals surface area contributed by atoms with E-state index in [1.807, 2.05) is 6.08 Å². The van der Waals surface area contributed by atoms with Crippen molar-refractivity contribution in [2.24, 2.45) is 17.6 Å². The lowest BCUT2D eigenvalue weighted by Crippen LogP contribution is -2.14. The second-order valence-electron chi connectivity index (χ2n) is 3.53. The minimum atomic E-state index is -0.311. The van der Waals surface area contributed by atoms with Crippen LogP contribution in [0.5, 0.6) is 0 Å². The zero-order valence-electron chi connectivity index (χ0n) is 8.42. The molecule has 0 aliphatic carbocycles. The molecule has 0 aliphatic heterocycles. The lowest BCUT2D eigenvalue weighted by molar-refractivity contribution is -0.114. The van der Waals surface area contributed by atoms with Crippen LogP contribution in [0, 0.1) is 11.8 Å². The molecule has 2 N–H and O–H groups in total. The third-order valence-electron chi connectivity index (χ3n) is 2.18. The lowest BCUT2D eigenvalue weighted by atomic mass is 9.91. The van der Waals surface area contributed by atoms with Gasteiger partial charge in [-0.2, -0.15) is 0 Å². The molecule has 0 bridgehead atoms. The van der Waals surface area contributed by atoms with Crippen LogP contribution in [0.15, 0.2) is 11.6 Å². The maximum absolute atomic E-state index is 10.7. The molecule has 0 saturated carbocycles. The predicted molar refractivity (Wildman–Crippen MR) is 51.6 cm³/mol. The van der Waals surface area contributed by atoms with Crippen molar-refractivity contribution < 1.29 is 4.79 Å². The summed E-state index contributed by atoms with van der Waals surface area (Å²) in [6.07, 6.45) is 3.04. The summed E-state index contributed by atoms with van der Waals surface area (Å²) in [6, 6.07) is 0. The number of carbonyl (C=O) groups is 1. The van der Waals surface area contributed by atoms with Crippen molar-refractivity contribution in [1.82, 2.24) is 0 Å². The Bertz CT molecular complexity index is 182. The van der Waals surface area contributed by atoms with Crippen LogP contribution >= 0.6 is 0 Å². The Hall–Kier alpha value is -0.790. The molecule has 0 saturated heterocycles. The fraction of sp³-hybridized carbons (Fsp3) is 0.700. The Morgan fingerprint density at radius 1 is 1.50 bits per heavy atom. The summed E-state index contributed by atoms with van der Waals surface area (Å²) in [5.74, 6) is 0.732. The number of primary amides is 1. The Labute approximate surface area is 74.8 Å². The molecule has 1 amide bonds. The van der Waals surface area contributed by atoms with Gasteiger partial charge in [-0.25, -0.2) is 0 Å². The molecule has 0 aromatic rings. The molecule has 0 aromatic heterocycles. The Morgan fingerprint density at radius 2 is 2.00 bits per heavy atom. The van der Waals surface area contributed by atoms with Crippen LogP contribution in [-0.2, 0) is 4.79 Å². The lowest BCUT2D eigenvalue weighted by Gasteiger charge is -2.14. The van der Waals surface area contributed by atoms with E-state index < -0.39 is 0 Å². The van der Waals surface area contributed by atoms with Crippen molar-refractivity contribution >= 4 is 5.91 Å². The predicted octanol–water partition coefficient (Wildman–Crippen LogP) is 2.10. The highest BCUT2D eigenvalue weighted by atomic mass is 16.1. The third-order valence-corrected chi connectivity index (χ3v) is 2.18. The molecule has 70 valence electrons. The molecule has 0 aliphatic rings. The summed E-state index contributed by atoms with van der Waals surface area (Å²) >= 11 is 0. The van der Waals surface area contributed by atoms with Gasteiger partial charge in [-0.15, -0.1) is 0 Å². The third kappa shape index (κ3) is 3.56. The zero-order valence-corrected chi connectivity index (χ0v) is 8.42. The molecule has 0 radical (unpaired) electrons. The first-order valence-electron chi connectivity index (χ1n) is 4.47. The van der Waals surface area contributed by atoms with Gasteiger partial charge in [0.25, 0.3) is 0 Å². The minimum Gasteiger partial charge on any atom is -0.366 e. The first kappa shape index (κ1) is 11.2. The molecule has 0 heterocycles. The second-order valence-corrected chi connectivity index (χ2v) is 3.53. The molecular weight excluding hydrogens is 150 g/mol. The molecule has 1 unspecified atom stereocenters. The average molecular weight is 169 g/mol. The van der Waals surface area contributed by atoms with Crippen molar-refractivity contribution in [3.63, 3.8) is 0 Å². The van der Waals surface area contributed by atoms with E-state index in [1.165, 1.54) is 0 Å². The SMILES string of the molecule is CCC(/C=C(\C)C(N)=O)C(C)C. The van der Waals surface area contributed by atoms with Gasteiger partial charge in [-0.1, -0.05) is 26.8 Å². The Balaban J connectivity index is 4.35. The number of allylic oxidation sites excluding steroid dienone is 1. The first-order valence-corrected chi connectivity index (χ1v) is 4.47. The summed E-state index contributed by atoms with van der Waals surface area (Å²) in [5, 5.41) is 0. The van der Waals surface area contributed by atoms with Gasteiger partial charge in [0.1, 0.15) is 0 Å². The highest BCUT2D eigenvalue weighted by Gasteiger charge is 2.09. The summed E-state index contributed by atoms with van der Waals surface area (Å²) in [5.41, 5.74) is 5.81. The van der Waals surface area contributed by atoms with E-state index in [0.717, 1.165) is 6.42 Å². The highest BCUT2D eigenvalue weighted by molar-refractivity contribution is 5.91. The number of hydrogen-bond donors (Lipinski definition) is 1. The summed E-state index contributed by atoms with van der Waals surface area (Å²) in [4.78, 5) is 10.7. The first-order chi connectivity index (χ1) is 5.49. The van der Waals surface area contributed by atoms with Crippen LogP contribution in [0.2, 0.25) is 0 Å². The standard InChI is InChI=1S/C10H19NO/c1-5-9(7(2)3)6-8(4)10(11)12/h6-7,9H,5H2,1-4H3,(H2,11,12)/b8-6+. The van der Waals surface area contributed by atoms with Gasteiger partial charge in [-0.3, -0.25) is 4.79 Å². The molecule has 2 heteroatoms. The molecule has 0 spiro atoms. The van der Waals surface area contributed by atoms with Crippen molar-refractivity contribution in [3.05, 3.63) is 11.6 Å². The number of hydrogen-bond acceptors (Lipinski definition) is 1. The Morgan fingerprint density at radius 3 is 2.25 bits per heavy atom. The van der Waals surface area contributed by atoms with Crippen molar-refractivity contribution in [2.45, 2.75) is 34.1 Å². The van der Waals surface area contributed by atoms with Crippen molar-refractivity contribution in [2.75, 3.05) is 0 Å². The van der Waals surface area contributed by atoms with E-state index in [0.29, 0.717) is 17.4 Å². The smallest absolute Gasteiger partial charge is 0.244 e. The summed E-state index contributed by atoms with van der Waals surface area (Å²) in [7, 11) is 0. The number of carbonyl (C=O) groups excluding carboxylic acids is 1. The van der Waals surface area contributed by atoms with Gasteiger partial charge < -0.3 is 5.73 Å². The second kappa shape index (κ2) is 4.96. The fourth-order valence-corrected chi connectivity index (χ4v) is 1.18. The summed E-state index contributed by atoms with van der Waals surface area (Å²) in [6.45, 7) is 8.20. The van der Waals surface area contributed by atoms with Crippen LogP contribution in [0.4, 0.5) is 0 Å². The van der Waals surface area contributed by atoms with E-state index in [4.69, 9.17) is 5.73 Å². The maximum Gasteiger partial charge on any atom is 0.244 e. The van der Waals surface area contributed by atoms with E-state index in [9.17, 15) is 4.79 Å². The quantitative estimate of drug-likeness (QED) is 0.643. The van der Waals surface area contributed by atoms with E-state index in [1.54, 1.807) is 6.92 Å². The van der Waals surface area contributed by atoms with Gasteiger partial charge in [0.15, 0.2) is 0 Å². The van der Waals surface area contributed by atoms with Gasteiger partial charge >= 0.3 is 0 Å². The molecule has 0 aromatic carbocycles. The van der Waals surface area contributed by atoms with Crippen LogP contribution in [-0.4, -0.2) is 5.91 Å². The maximum atomic E-state index is 10.7. The van der Waals surface area contributed by atoms with Crippen LogP contribution < -0.4 is 5.73 Å². The van der Waals surface area contributed by atoms with Gasteiger partial charge in [0.05, 0.1) is 0 Å². The van der Waals surface area contributed by atoms with Crippen LogP contribution in [0.25, 0.3) is 0 Å². The number of nitrogens with two attached hydrogens (primary N) is 1. The molecule has 0 rings (SSSR count). The topological polar surface area (TPSA) is 43.1 Å².